The number of nitrogens with zero attached hydrogens (tertiary/aromatic N) is 2. The predicted molar refractivity (Wildman–Crippen MR) is 119 cm³/mol. The first-order valence-corrected chi connectivity index (χ1v) is 8.50. The van der Waals surface area contributed by atoms with Crippen LogP contribution in [0.5, 0.6) is 0 Å². The van der Waals surface area contributed by atoms with Crippen molar-refractivity contribution >= 4 is 46.5 Å². The first-order chi connectivity index (χ1) is 13.1. The number of nitro groups is 1. The van der Waals surface area contributed by atoms with Crippen molar-refractivity contribution in [1.29, 1.82) is 0 Å². The Kier molecular flexibility index (Phi) is 7.73. The number of aromatic nitrogens is 1. The predicted octanol–water partition coefficient (Wildman–Crippen LogP) is 3.74. The third kappa shape index (κ3) is 5.41. The van der Waals surface area contributed by atoms with Gasteiger partial charge in [0.2, 0.25) is 0 Å². The molecule has 0 fully saturated rings. The van der Waals surface area contributed by atoms with Crippen LogP contribution in [0.4, 0.5) is 10.1 Å². The van der Waals surface area contributed by atoms with Crippen molar-refractivity contribution in [2.24, 2.45) is 4.99 Å². The maximum atomic E-state index is 13.4. The molecule has 28 heavy (non-hydrogen) atoms. The van der Waals surface area contributed by atoms with E-state index in [0.717, 1.165) is 22.0 Å². The molecule has 2 aromatic carbocycles. The third-order valence-electron chi connectivity index (χ3n) is 4.25. The quantitative estimate of drug-likeness (QED) is 0.159. The summed E-state index contributed by atoms with van der Waals surface area (Å²) in [6.45, 7) is 1.12. The highest BCUT2D eigenvalue weighted by molar-refractivity contribution is 14.0. The van der Waals surface area contributed by atoms with Gasteiger partial charge in [-0.05, 0) is 35.7 Å². The summed E-state index contributed by atoms with van der Waals surface area (Å²) in [5.41, 5.74) is 2.92. The highest BCUT2D eigenvalue weighted by Crippen LogP contribution is 2.19. The number of nitrogens with one attached hydrogen (secondary N) is 3. The first kappa shape index (κ1) is 21.6. The number of aliphatic imine (C=N–C) groups is 1. The van der Waals surface area contributed by atoms with E-state index in [1.807, 2.05) is 6.20 Å². The second kappa shape index (κ2) is 10.0. The maximum Gasteiger partial charge on any atom is 0.269 e. The number of benzene rings is 2. The van der Waals surface area contributed by atoms with Gasteiger partial charge < -0.3 is 15.6 Å². The fourth-order valence-electron chi connectivity index (χ4n) is 2.81. The van der Waals surface area contributed by atoms with Crippen LogP contribution in [-0.2, 0) is 13.0 Å². The molecule has 1 heterocycles. The molecule has 0 amide bonds. The maximum absolute atomic E-state index is 13.4. The molecule has 0 aliphatic heterocycles. The Morgan fingerprint density at radius 3 is 2.64 bits per heavy atom. The Morgan fingerprint density at radius 1 is 1.21 bits per heavy atom. The van der Waals surface area contributed by atoms with Gasteiger partial charge in [0.05, 0.1) is 4.92 Å². The monoisotopic (exact) mass is 497 g/mol. The number of H-pyrrole nitrogens is 1. The van der Waals surface area contributed by atoms with Crippen LogP contribution in [0.1, 0.15) is 11.1 Å². The smallest absolute Gasteiger partial charge is 0.269 e. The van der Waals surface area contributed by atoms with Gasteiger partial charge in [0.25, 0.3) is 5.69 Å². The first-order valence-electron chi connectivity index (χ1n) is 8.50. The Balaban J connectivity index is 0.00000280. The summed E-state index contributed by atoms with van der Waals surface area (Å²) in [6.07, 6.45) is 2.60. The lowest BCUT2D eigenvalue weighted by Gasteiger charge is -2.11. The van der Waals surface area contributed by atoms with Gasteiger partial charge in [0.15, 0.2) is 5.96 Å². The topological polar surface area (TPSA) is 95.3 Å². The molecule has 3 N–H and O–H groups in total. The molecule has 0 aliphatic carbocycles. The van der Waals surface area contributed by atoms with Gasteiger partial charge in [-0.1, -0.05) is 12.1 Å². The standard InChI is InChI=1S/C19H20FN5O2.HI/c1-21-19(24-11-13-2-5-16(6-3-13)25(26)27)22-9-8-14-12-23-18-7-4-15(20)10-17(14)18;/h2-7,10,12,23H,8-9,11H2,1H3,(H2,21,22,24);1H. The van der Waals surface area contributed by atoms with Crippen molar-refractivity contribution in [1.82, 2.24) is 15.6 Å². The number of non-ortho nitro benzene ring substituents is 1. The summed E-state index contributed by atoms with van der Waals surface area (Å²) in [7, 11) is 1.67. The second-order valence-corrected chi connectivity index (χ2v) is 6.03. The van der Waals surface area contributed by atoms with Gasteiger partial charge in [-0.3, -0.25) is 15.1 Å². The summed E-state index contributed by atoms with van der Waals surface area (Å²) < 4.78 is 13.4. The third-order valence-corrected chi connectivity index (χ3v) is 4.25. The summed E-state index contributed by atoms with van der Waals surface area (Å²) >= 11 is 0. The SMILES string of the molecule is CN=C(NCCc1c[nH]c2ccc(F)cc12)NCc1ccc([N+](=O)[O-])cc1.I. The van der Waals surface area contributed by atoms with Crippen molar-refractivity contribution in [3.63, 3.8) is 0 Å². The zero-order chi connectivity index (χ0) is 19.2. The molecular weight excluding hydrogens is 476 g/mol. The number of fused-ring (bicyclic) bond motifs is 1. The number of hydrogen-bond acceptors (Lipinski definition) is 3. The van der Waals surface area contributed by atoms with E-state index in [2.05, 4.69) is 20.6 Å². The largest absolute Gasteiger partial charge is 0.361 e. The van der Waals surface area contributed by atoms with E-state index < -0.39 is 4.92 Å². The summed E-state index contributed by atoms with van der Waals surface area (Å²) in [4.78, 5) is 17.6. The number of aromatic amines is 1. The number of hydrogen-bond donors (Lipinski definition) is 3. The van der Waals surface area contributed by atoms with Crippen LogP contribution in [-0.4, -0.2) is 29.5 Å². The van der Waals surface area contributed by atoms with Gasteiger partial charge in [0.1, 0.15) is 5.82 Å². The van der Waals surface area contributed by atoms with Gasteiger partial charge in [-0.2, -0.15) is 0 Å². The van der Waals surface area contributed by atoms with Crippen molar-refractivity contribution in [3.05, 3.63) is 75.7 Å². The summed E-state index contributed by atoms with van der Waals surface area (Å²) in [5.74, 6) is 0.372. The Hall–Kier alpha value is -2.69. The molecule has 0 aliphatic rings. The molecule has 0 unspecified atom stereocenters. The molecule has 3 aromatic rings. The zero-order valence-corrected chi connectivity index (χ0v) is 17.6. The van der Waals surface area contributed by atoms with Crippen LogP contribution in [0.2, 0.25) is 0 Å². The Labute approximate surface area is 178 Å². The van der Waals surface area contributed by atoms with Crippen molar-refractivity contribution < 1.29 is 9.31 Å². The molecule has 1 aromatic heterocycles. The summed E-state index contributed by atoms with van der Waals surface area (Å²) in [6, 6.07) is 11.1. The second-order valence-electron chi connectivity index (χ2n) is 6.03. The highest BCUT2D eigenvalue weighted by Gasteiger charge is 2.06. The van der Waals surface area contributed by atoms with Crippen LogP contribution in [0.15, 0.2) is 53.7 Å². The molecule has 0 spiro atoms. The minimum Gasteiger partial charge on any atom is -0.361 e. The van der Waals surface area contributed by atoms with Crippen molar-refractivity contribution in [2.75, 3.05) is 13.6 Å². The summed E-state index contributed by atoms with van der Waals surface area (Å²) in [5, 5.41) is 17.9. The van der Waals surface area contributed by atoms with Gasteiger partial charge in [0, 0.05) is 49.4 Å². The Bertz CT molecular complexity index is 972. The molecule has 0 saturated carbocycles. The molecule has 9 heteroatoms. The molecule has 0 radical (unpaired) electrons. The lowest BCUT2D eigenvalue weighted by Crippen LogP contribution is -2.37. The molecular formula is C19H21FIN5O2. The van der Waals surface area contributed by atoms with Crippen LogP contribution in [0, 0.1) is 15.9 Å². The number of guanidine groups is 1. The van der Waals surface area contributed by atoms with Crippen LogP contribution < -0.4 is 10.6 Å². The van der Waals surface area contributed by atoms with Gasteiger partial charge in [-0.25, -0.2) is 4.39 Å². The van der Waals surface area contributed by atoms with Crippen molar-refractivity contribution in [3.8, 4) is 0 Å². The lowest BCUT2D eigenvalue weighted by molar-refractivity contribution is -0.384. The molecule has 7 nitrogen and oxygen atoms in total. The average Bonchev–Trinajstić information content (AvgIpc) is 3.07. The van der Waals surface area contributed by atoms with Crippen LogP contribution >= 0.6 is 24.0 Å². The molecule has 3 rings (SSSR count). The van der Waals surface area contributed by atoms with E-state index in [1.165, 1.54) is 24.3 Å². The van der Waals surface area contributed by atoms with E-state index in [-0.39, 0.29) is 35.5 Å². The lowest BCUT2D eigenvalue weighted by atomic mass is 10.1. The number of rotatable bonds is 6. The van der Waals surface area contributed by atoms with Gasteiger partial charge >= 0.3 is 0 Å². The van der Waals surface area contributed by atoms with Crippen LogP contribution in [0.25, 0.3) is 10.9 Å². The van der Waals surface area contributed by atoms with E-state index >= 15 is 0 Å². The van der Waals surface area contributed by atoms with Crippen LogP contribution in [0.3, 0.4) is 0 Å². The Morgan fingerprint density at radius 2 is 1.96 bits per heavy atom. The van der Waals surface area contributed by atoms with E-state index in [9.17, 15) is 14.5 Å². The number of nitro benzene ring substituents is 1. The van der Waals surface area contributed by atoms with E-state index in [0.29, 0.717) is 25.5 Å². The molecule has 148 valence electrons. The van der Waals surface area contributed by atoms with Crippen molar-refractivity contribution in [2.45, 2.75) is 13.0 Å². The highest BCUT2D eigenvalue weighted by atomic mass is 127. The normalized spacial score (nSPS) is 11.1. The molecule has 0 saturated heterocycles. The number of halogens is 2. The molecule has 0 atom stereocenters. The molecule has 0 bridgehead atoms. The fourth-order valence-corrected chi connectivity index (χ4v) is 2.81. The fraction of sp³-hybridized carbons (Fsp3) is 0.211. The minimum atomic E-state index is -0.422. The van der Waals surface area contributed by atoms with E-state index in [4.69, 9.17) is 0 Å². The van der Waals surface area contributed by atoms with E-state index in [1.54, 1.807) is 25.2 Å². The minimum absolute atomic E-state index is 0. The van der Waals surface area contributed by atoms with Gasteiger partial charge in [-0.15, -0.1) is 24.0 Å². The zero-order valence-electron chi connectivity index (χ0n) is 15.2. The average molecular weight is 497 g/mol.